The fraction of sp³-hybridized carbons (Fsp3) is 0.529. The largest absolute Gasteiger partial charge is 0.335 e. The molecule has 22 heavy (non-hydrogen) atoms. The van der Waals surface area contributed by atoms with Crippen molar-refractivity contribution in [1.82, 2.24) is 10.2 Å². The maximum atomic E-state index is 12.3. The molecule has 0 radical (unpaired) electrons. The van der Waals surface area contributed by atoms with Gasteiger partial charge in [-0.1, -0.05) is 18.2 Å². The molecule has 0 spiro atoms. The van der Waals surface area contributed by atoms with Gasteiger partial charge in [0.25, 0.3) is 0 Å². The number of nitrogens with one attached hydrogen (secondary N) is 1. The van der Waals surface area contributed by atoms with Crippen LogP contribution in [0, 0.1) is 5.92 Å². The van der Waals surface area contributed by atoms with E-state index in [1.807, 2.05) is 18.2 Å². The third-order valence-corrected chi connectivity index (χ3v) is 4.58. The van der Waals surface area contributed by atoms with Gasteiger partial charge in [-0.3, -0.25) is 9.59 Å². The van der Waals surface area contributed by atoms with E-state index in [9.17, 15) is 9.59 Å². The van der Waals surface area contributed by atoms with Crippen LogP contribution in [0.4, 0.5) is 5.69 Å². The van der Waals surface area contributed by atoms with Crippen molar-refractivity contribution in [1.29, 1.82) is 0 Å². The van der Waals surface area contributed by atoms with Gasteiger partial charge in [-0.2, -0.15) is 0 Å². The summed E-state index contributed by atoms with van der Waals surface area (Å²) in [6.07, 6.45) is 3.38. The zero-order valence-electron chi connectivity index (χ0n) is 13.0. The first-order chi connectivity index (χ1) is 10.6. The minimum absolute atomic E-state index is 0.00341. The highest BCUT2D eigenvalue weighted by Gasteiger charge is 2.30. The minimum Gasteiger partial charge on any atom is -0.335 e. The third kappa shape index (κ3) is 3.14. The predicted molar refractivity (Wildman–Crippen MR) is 85.7 cm³/mol. The standard InChI is InChI=1S/C17H23N3O2/c1-19-11-17(22)20(12-16(19)21)15-7-3-2-6-14(15)9-13-5-4-8-18-10-13/h2-3,6-7,13,18H,4-5,8-12H2,1H3. The van der Waals surface area contributed by atoms with Crippen LogP contribution in [-0.2, 0) is 16.0 Å². The average Bonchev–Trinajstić information content (AvgIpc) is 2.53. The Balaban J connectivity index is 1.81. The van der Waals surface area contributed by atoms with Gasteiger partial charge < -0.3 is 15.1 Å². The Hall–Kier alpha value is -1.88. The summed E-state index contributed by atoms with van der Waals surface area (Å²) >= 11 is 0. The maximum absolute atomic E-state index is 12.3. The molecule has 1 N–H and O–H groups in total. The topological polar surface area (TPSA) is 52.7 Å². The van der Waals surface area contributed by atoms with Crippen molar-refractivity contribution >= 4 is 17.5 Å². The van der Waals surface area contributed by atoms with E-state index in [-0.39, 0.29) is 24.9 Å². The van der Waals surface area contributed by atoms with Gasteiger partial charge in [-0.15, -0.1) is 0 Å². The molecule has 0 aromatic heterocycles. The Bertz CT molecular complexity index is 567. The molecule has 118 valence electrons. The Morgan fingerprint density at radius 1 is 1.18 bits per heavy atom. The smallest absolute Gasteiger partial charge is 0.247 e. The van der Waals surface area contributed by atoms with Crippen molar-refractivity contribution < 1.29 is 9.59 Å². The first-order valence-electron chi connectivity index (χ1n) is 7.98. The van der Waals surface area contributed by atoms with Crippen LogP contribution in [0.2, 0.25) is 0 Å². The first-order valence-corrected chi connectivity index (χ1v) is 7.98. The third-order valence-electron chi connectivity index (χ3n) is 4.58. The Morgan fingerprint density at radius 3 is 2.77 bits per heavy atom. The van der Waals surface area contributed by atoms with Crippen LogP contribution in [0.3, 0.4) is 0 Å². The molecule has 0 saturated carbocycles. The van der Waals surface area contributed by atoms with E-state index in [4.69, 9.17) is 0 Å². The van der Waals surface area contributed by atoms with Gasteiger partial charge in [0, 0.05) is 12.7 Å². The van der Waals surface area contributed by atoms with E-state index in [0.29, 0.717) is 5.92 Å². The zero-order valence-corrected chi connectivity index (χ0v) is 13.0. The second kappa shape index (κ2) is 6.48. The normalized spacial score (nSPS) is 23.0. The van der Waals surface area contributed by atoms with E-state index in [2.05, 4.69) is 11.4 Å². The quantitative estimate of drug-likeness (QED) is 0.907. The van der Waals surface area contributed by atoms with Crippen molar-refractivity contribution in [3.63, 3.8) is 0 Å². The molecule has 3 rings (SSSR count). The molecule has 0 aliphatic carbocycles. The summed E-state index contributed by atoms with van der Waals surface area (Å²) < 4.78 is 0. The highest BCUT2D eigenvalue weighted by atomic mass is 16.2. The molecule has 2 aliphatic rings. The van der Waals surface area contributed by atoms with Gasteiger partial charge in [-0.25, -0.2) is 0 Å². The molecule has 1 unspecified atom stereocenters. The second-order valence-corrected chi connectivity index (χ2v) is 6.27. The van der Waals surface area contributed by atoms with Gasteiger partial charge in [-0.05, 0) is 49.9 Å². The van der Waals surface area contributed by atoms with E-state index < -0.39 is 0 Å². The SMILES string of the molecule is CN1CC(=O)N(c2ccccc2CC2CCCNC2)CC1=O. The molecular weight excluding hydrogens is 278 g/mol. The lowest BCUT2D eigenvalue weighted by Crippen LogP contribution is -2.52. The van der Waals surface area contributed by atoms with Crippen LogP contribution < -0.4 is 10.2 Å². The fourth-order valence-corrected chi connectivity index (χ4v) is 3.30. The number of hydrogen-bond acceptors (Lipinski definition) is 3. The molecule has 1 aromatic rings. The number of carbonyl (C=O) groups excluding carboxylic acids is 2. The number of likely N-dealkylation sites (N-methyl/N-ethyl adjacent to an activating group) is 1. The van der Waals surface area contributed by atoms with Crippen molar-refractivity contribution in [3.05, 3.63) is 29.8 Å². The molecular formula is C17H23N3O2. The van der Waals surface area contributed by atoms with Crippen molar-refractivity contribution in [2.45, 2.75) is 19.3 Å². The van der Waals surface area contributed by atoms with Gasteiger partial charge in [0.1, 0.15) is 6.54 Å². The molecule has 1 aromatic carbocycles. The lowest BCUT2D eigenvalue weighted by Gasteiger charge is -2.33. The number of carbonyl (C=O) groups is 2. The number of amides is 2. The summed E-state index contributed by atoms with van der Waals surface area (Å²) in [7, 11) is 1.68. The van der Waals surface area contributed by atoms with Gasteiger partial charge in [0.2, 0.25) is 11.8 Å². The molecule has 1 atom stereocenters. The number of piperazine rings is 1. The van der Waals surface area contributed by atoms with Crippen LogP contribution in [0.25, 0.3) is 0 Å². The number of rotatable bonds is 3. The van der Waals surface area contributed by atoms with Crippen molar-refractivity contribution in [2.75, 3.05) is 38.1 Å². The molecule has 2 amide bonds. The monoisotopic (exact) mass is 301 g/mol. The number of para-hydroxylation sites is 1. The summed E-state index contributed by atoms with van der Waals surface area (Å²) in [5.41, 5.74) is 2.07. The maximum Gasteiger partial charge on any atom is 0.247 e. The minimum atomic E-state index is -0.00580. The average molecular weight is 301 g/mol. The number of hydrogen-bond donors (Lipinski definition) is 1. The Morgan fingerprint density at radius 2 is 2.00 bits per heavy atom. The van der Waals surface area contributed by atoms with Crippen molar-refractivity contribution in [3.8, 4) is 0 Å². The van der Waals surface area contributed by atoms with Crippen LogP contribution in [0.15, 0.2) is 24.3 Å². The second-order valence-electron chi connectivity index (χ2n) is 6.27. The van der Waals surface area contributed by atoms with Crippen LogP contribution in [0.1, 0.15) is 18.4 Å². The number of anilines is 1. The summed E-state index contributed by atoms with van der Waals surface area (Å²) in [5.74, 6) is 0.596. The molecule has 5 heteroatoms. The number of benzene rings is 1. The summed E-state index contributed by atoms with van der Waals surface area (Å²) in [6.45, 7) is 2.45. The summed E-state index contributed by atoms with van der Waals surface area (Å²) in [5, 5.41) is 3.43. The highest BCUT2D eigenvalue weighted by molar-refractivity contribution is 6.04. The number of piperidine rings is 1. The van der Waals surface area contributed by atoms with Gasteiger partial charge >= 0.3 is 0 Å². The predicted octanol–water partition coefficient (Wildman–Crippen LogP) is 1.03. The van der Waals surface area contributed by atoms with E-state index in [1.54, 1.807) is 11.9 Å². The number of nitrogens with zero attached hydrogens (tertiary/aromatic N) is 2. The highest BCUT2D eigenvalue weighted by Crippen LogP contribution is 2.26. The van der Waals surface area contributed by atoms with E-state index >= 15 is 0 Å². The van der Waals surface area contributed by atoms with Crippen molar-refractivity contribution in [2.24, 2.45) is 5.92 Å². The molecule has 2 saturated heterocycles. The lowest BCUT2D eigenvalue weighted by molar-refractivity contribution is -0.136. The molecule has 0 bridgehead atoms. The zero-order chi connectivity index (χ0) is 15.5. The fourth-order valence-electron chi connectivity index (χ4n) is 3.30. The Kier molecular flexibility index (Phi) is 4.43. The van der Waals surface area contributed by atoms with Crippen LogP contribution in [-0.4, -0.2) is 49.9 Å². The molecule has 2 aliphatic heterocycles. The molecule has 2 fully saturated rings. The summed E-state index contributed by atoms with van der Waals surface area (Å²) in [4.78, 5) is 27.4. The van der Waals surface area contributed by atoms with Crippen LogP contribution in [0.5, 0.6) is 0 Å². The molecule has 2 heterocycles. The summed E-state index contributed by atoms with van der Waals surface area (Å²) in [6, 6.07) is 7.99. The van der Waals surface area contributed by atoms with E-state index in [0.717, 1.165) is 25.2 Å². The molecule has 5 nitrogen and oxygen atoms in total. The lowest BCUT2D eigenvalue weighted by atomic mass is 9.91. The van der Waals surface area contributed by atoms with Gasteiger partial charge in [0.05, 0.1) is 6.54 Å². The van der Waals surface area contributed by atoms with Crippen LogP contribution >= 0.6 is 0 Å². The first kappa shape index (κ1) is 15.0. The Labute approximate surface area is 131 Å². The van der Waals surface area contributed by atoms with E-state index in [1.165, 1.54) is 23.3 Å². The van der Waals surface area contributed by atoms with Gasteiger partial charge in [0.15, 0.2) is 0 Å².